The lowest BCUT2D eigenvalue weighted by Gasteiger charge is -2.13. The Morgan fingerprint density at radius 1 is 0.917 bits per heavy atom. The van der Waals surface area contributed by atoms with Crippen LogP contribution in [0.25, 0.3) is 11.1 Å². The summed E-state index contributed by atoms with van der Waals surface area (Å²) in [5.41, 5.74) is 3.98. The quantitative estimate of drug-likeness (QED) is 0.217. The molecule has 1 aliphatic heterocycles. The zero-order valence-electron chi connectivity index (χ0n) is 20.3. The van der Waals surface area contributed by atoms with E-state index in [0.29, 0.717) is 47.5 Å². The van der Waals surface area contributed by atoms with E-state index >= 15 is 0 Å². The van der Waals surface area contributed by atoms with Crippen molar-refractivity contribution in [3.8, 4) is 11.1 Å². The number of nitrogens with zero attached hydrogens (tertiary/aromatic N) is 1. The molecule has 0 atom stereocenters. The van der Waals surface area contributed by atoms with Crippen molar-refractivity contribution in [2.24, 2.45) is 0 Å². The molecule has 36 heavy (non-hydrogen) atoms. The summed E-state index contributed by atoms with van der Waals surface area (Å²) in [5.74, 6) is -1.19. The number of ether oxygens (including phenoxy) is 1. The number of anilines is 1. The Morgan fingerprint density at radius 3 is 2.22 bits per heavy atom. The number of thiophene rings is 1. The van der Waals surface area contributed by atoms with E-state index in [0.717, 1.165) is 16.7 Å². The second kappa shape index (κ2) is 11.3. The van der Waals surface area contributed by atoms with Crippen LogP contribution in [0.4, 0.5) is 5.00 Å². The molecule has 0 fully saturated rings. The van der Waals surface area contributed by atoms with Crippen molar-refractivity contribution >= 4 is 40.0 Å². The molecule has 1 aliphatic rings. The fourth-order valence-corrected chi connectivity index (χ4v) is 5.14. The second-order valence-corrected chi connectivity index (χ2v) is 9.49. The minimum atomic E-state index is -0.467. The summed E-state index contributed by atoms with van der Waals surface area (Å²) < 4.78 is 5.25. The second-order valence-electron chi connectivity index (χ2n) is 8.61. The highest BCUT2D eigenvalue weighted by atomic mass is 32.1. The third-order valence-corrected chi connectivity index (χ3v) is 6.95. The van der Waals surface area contributed by atoms with E-state index in [1.807, 2.05) is 36.6 Å². The van der Waals surface area contributed by atoms with Gasteiger partial charge in [-0.25, -0.2) is 4.79 Å². The number of imide groups is 1. The molecule has 0 saturated carbocycles. The van der Waals surface area contributed by atoms with Crippen molar-refractivity contribution in [1.82, 2.24) is 4.90 Å². The molecule has 0 saturated heterocycles. The Morgan fingerprint density at radius 2 is 1.58 bits per heavy atom. The Balaban J connectivity index is 1.31. The van der Waals surface area contributed by atoms with E-state index in [1.54, 1.807) is 31.2 Å². The number of amides is 3. The van der Waals surface area contributed by atoms with E-state index in [1.165, 1.54) is 16.2 Å². The number of benzene rings is 2. The SMILES string of the molecule is CCOC(=O)c1c(-c2ccc(C)cc2)csc1NC(=O)CCCCCN1C(=O)c2ccccc2C1=O. The van der Waals surface area contributed by atoms with Gasteiger partial charge in [-0.15, -0.1) is 11.3 Å². The summed E-state index contributed by atoms with van der Waals surface area (Å²) in [5, 5.41) is 5.20. The van der Waals surface area contributed by atoms with Crippen LogP contribution in [-0.4, -0.2) is 41.7 Å². The molecule has 0 radical (unpaired) electrons. The molecule has 3 aromatic rings. The number of hydrogen-bond acceptors (Lipinski definition) is 6. The maximum atomic E-state index is 12.7. The van der Waals surface area contributed by atoms with Gasteiger partial charge < -0.3 is 10.1 Å². The Hall–Kier alpha value is -3.78. The number of unbranched alkanes of at least 4 members (excludes halogenated alkanes) is 2. The Labute approximate surface area is 214 Å². The monoisotopic (exact) mass is 504 g/mol. The highest BCUT2D eigenvalue weighted by Crippen LogP contribution is 2.36. The lowest BCUT2D eigenvalue weighted by atomic mass is 10.0. The third-order valence-electron chi connectivity index (χ3n) is 6.05. The topological polar surface area (TPSA) is 92.8 Å². The van der Waals surface area contributed by atoms with Crippen LogP contribution in [-0.2, 0) is 9.53 Å². The van der Waals surface area contributed by atoms with Crippen molar-refractivity contribution in [2.75, 3.05) is 18.5 Å². The summed E-state index contributed by atoms with van der Waals surface area (Å²) >= 11 is 1.30. The molecule has 0 aliphatic carbocycles. The van der Waals surface area contributed by atoms with E-state index in [4.69, 9.17) is 4.74 Å². The molecule has 0 spiro atoms. The molecule has 0 bridgehead atoms. The largest absolute Gasteiger partial charge is 0.462 e. The lowest BCUT2D eigenvalue weighted by Crippen LogP contribution is -2.30. The molecule has 0 unspecified atom stereocenters. The predicted molar refractivity (Wildman–Crippen MR) is 139 cm³/mol. The van der Waals surface area contributed by atoms with Crippen LogP contribution >= 0.6 is 11.3 Å². The number of fused-ring (bicyclic) bond motifs is 1. The third kappa shape index (κ3) is 5.39. The van der Waals surface area contributed by atoms with Gasteiger partial charge >= 0.3 is 5.97 Å². The van der Waals surface area contributed by atoms with Crippen LogP contribution in [0.5, 0.6) is 0 Å². The number of carbonyl (C=O) groups excluding carboxylic acids is 4. The van der Waals surface area contributed by atoms with E-state index in [2.05, 4.69) is 5.32 Å². The minimum absolute atomic E-state index is 0.196. The van der Waals surface area contributed by atoms with Crippen LogP contribution in [0.2, 0.25) is 0 Å². The van der Waals surface area contributed by atoms with Crippen molar-refractivity contribution < 1.29 is 23.9 Å². The lowest BCUT2D eigenvalue weighted by molar-refractivity contribution is -0.116. The zero-order valence-corrected chi connectivity index (χ0v) is 21.2. The van der Waals surface area contributed by atoms with Gasteiger partial charge in [0.05, 0.1) is 17.7 Å². The molecule has 186 valence electrons. The summed E-state index contributed by atoms with van der Waals surface area (Å²) in [6.07, 6.45) is 2.16. The molecule has 8 heteroatoms. The van der Waals surface area contributed by atoms with Gasteiger partial charge in [0, 0.05) is 23.9 Å². The number of nitrogens with one attached hydrogen (secondary N) is 1. The maximum absolute atomic E-state index is 12.7. The molecule has 4 rings (SSSR count). The van der Waals surface area contributed by atoms with Gasteiger partial charge in [-0.2, -0.15) is 0 Å². The zero-order chi connectivity index (χ0) is 25.7. The Kier molecular flexibility index (Phi) is 7.95. The van der Waals surface area contributed by atoms with Crippen LogP contribution in [0.3, 0.4) is 0 Å². The normalized spacial score (nSPS) is 12.6. The fourth-order valence-electron chi connectivity index (χ4n) is 4.16. The maximum Gasteiger partial charge on any atom is 0.341 e. The number of rotatable bonds is 10. The van der Waals surface area contributed by atoms with Gasteiger partial charge in [-0.05, 0) is 44.4 Å². The smallest absolute Gasteiger partial charge is 0.341 e. The van der Waals surface area contributed by atoms with Crippen molar-refractivity contribution in [3.05, 3.63) is 76.2 Å². The average molecular weight is 505 g/mol. The van der Waals surface area contributed by atoms with E-state index in [9.17, 15) is 19.2 Å². The molecule has 1 N–H and O–H groups in total. The first-order valence-corrected chi connectivity index (χ1v) is 12.9. The summed E-state index contributed by atoms with van der Waals surface area (Å²) in [6.45, 7) is 4.31. The first-order chi connectivity index (χ1) is 17.4. The van der Waals surface area contributed by atoms with E-state index in [-0.39, 0.29) is 30.7 Å². The first-order valence-electron chi connectivity index (χ1n) is 12.0. The highest BCUT2D eigenvalue weighted by Gasteiger charge is 2.34. The van der Waals surface area contributed by atoms with E-state index < -0.39 is 5.97 Å². The van der Waals surface area contributed by atoms with Crippen LogP contribution in [0, 0.1) is 6.92 Å². The molecule has 3 amide bonds. The first kappa shape index (κ1) is 25.3. The molecule has 7 nitrogen and oxygen atoms in total. The van der Waals surface area contributed by atoms with Crippen LogP contribution in [0.1, 0.15) is 69.2 Å². The highest BCUT2D eigenvalue weighted by molar-refractivity contribution is 7.15. The summed E-state index contributed by atoms with van der Waals surface area (Å²) in [7, 11) is 0. The van der Waals surface area contributed by atoms with Crippen LogP contribution in [0.15, 0.2) is 53.9 Å². The van der Waals surface area contributed by atoms with Crippen molar-refractivity contribution in [3.63, 3.8) is 0 Å². The fraction of sp³-hybridized carbons (Fsp3) is 0.286. The van der Waals surface area contributed by atoms with Gasteiger partial charge in [-0.3, -0.25) is 19.3 Å². The van der Waals surface area contributed by atoms with Crippen molar-refractivity contribution in [2.45, 2.75) is 39.5 Å². The van der Waals surface area contributed by atoms with Crippen molar-refractivity contribution in [1.29, 1.82) is 0 Å². The number of aryl methyl sites for hydroxylation is 1. The molecule has 1 aromatic heterocycles. The van der Waals surface area contributed by atoms with Gasteiger partial charge in [0.1, 0.15) is 10.6 Å². The van der Waals surface area contributed by atoms with Gasteiger partial charge in [0.15, 0.2) is 0 Å². The molecule has 2 aromatic carbocycles. The standard InChI is InChI=1S/C28H28N2O5S/c1-3-35-28(34)24-22(19-14-12-18(2)13-15-19)17-36-25(24)29-23(31)11-5-4-8-16-30-26(32)20-9-6-7-10-21(20)27(30)33/h6-7,9-10,12-15,17H,3-5,8,11,16H2,1-2H3,(H,29,31). The minimum Gasteiger partial charge on any atom is -0.462 e. The summed E-state index contributed by atoms with van der Waals surface area (Å²) in [6, 6.07) is 14.7. The number of esters is 1. The average Bonchev–Trinajstić information content (AvgIpc) is 3.39. The number of carbonyl (C=O) groups is 4. The van der Waals surface area contributed by atoms with Crippen LogP contribution < -0.4 is 5.32 Å². The van der Waals surface area contributed by atoms with Gasteiger partial charge in [0.2, 0.25) is 5.91 Å². The molecular formula is C28H28N2O5S. The molecule has 2 heterocycles. The number of hydrogen-bond donors (Lipinski definition) is 1. The molecular weight excluding hydrogens is 476 g/mol. The van der Waals surface area contributed by atoms with Gasteiger partial charge in [-0.1, -0.05) is 48.4 Å². The predicted octanol–water partition coefficient (Wildman–Crippen LogP) is 5.70. The Bertz CT molecular complexity index is 1260. The summed E-state index contributed by atoms with van der Waals surface area (Å²) in [4.78, 5) is 51.5. The van der Waals surface area contributed by atoms with Gasteiger partial charge in [0.25, 0.3) is 11.8 Å².